The Kier molecular flexibility index (Phi) is 12.3. The predicted molar refractivity (Wildman–Crippen MR) is 76.5 cm³/mol. The monoisotopic (exact) mass is 243 g/mol. The van der Waals surface area contributed by atoms with E-state index in [1.807, 2.05) is 0 Å². The molecule has 2 heteroatoms. The average molecular weight is 243 g/mol. The van der Waals surface area contributed by atoms with Gasteiger partial charge in [0.15, 0.2) is 0 Å². The van der Waals surface area contributed by atoms with Crippen molar-refractivity contribution in [2.75, 3.05) is 19.7 Å². The lowest BCUT2D eigenvalue weighted by Gasteiger charge is -2.15. The average Bonchev–Trinajstić information content (AvgIpc) is 2.27. The zero-order valence-corrected chi connectivity index (χ0v) is 12.4. The first-order chi connectivity index (χ1) is 8.16. The van der Waals surface area contributed by atoms with Gasteiger partial charge in [-0.3, -0.25) is 0 Å². The Labute approximate surface area is 109 Å². The van der Waals surface area contributed by atoms with Gasteiger partial charge in [0.2, 0.25) is 0 Å². The van der Waals surface area contributed by atoms with Crippen LogP contribution < -0.4 is 5.32 Å². The lowest BCUT2D eigenvalue weighted by atomic mass is 10.1. The minimum atomic E-state index is 0.351. The fourth-order valence-corrected chi connectivity index (χ4v) is 1.80. The minimum absolute atomic E-state index is 0.351. The summed E-state index contributed by atoms with van der Waals surface area (Å²) in [6, 6.07) is 0. The topological polar surface area (TPSA) is 21.3 Å². The Bertz CT molecular complexity index is 148. The van der Waals surface area contributed by atoms with Gasteiger partial charge in [-0.05, 0) is 25.8 Å². The van der Waals surface area contributed by atoms with Crippen LogP contribution in [0.15, 0.2) is 0 Å². The van der Waals surface area contributed by atoms with E-state index in [4.69, 9.17) is 4.74 Å². The lowest BCUT2D eigenvalue weighted by molar-refractivity contribution is 0.0626. The van der Waals surface area contributed by atoms with Crippen molar-refractivity contribution >= 4 is 0 Å². The molecule has 0 aromatic rings. The van der Waals surface area contributed by atoms with Crippen molar-refractivity contribution in [3.63, 3.8) is 0 Å². The zero-order valence-electron chi connectivity index (χ0n) is 12.4. The van der Waals surface area contributed by atoms with E-state index >= 15 is 0 Å². The fourth-order valence-electron chi connectivity index (χ4n) is 1.80. The summed E-state index contributed by atoms with van der Waals surface area (Å²) < 4.78 is 5.77. The van der Waals surface area contributed by atoms with Gasteiger partial charge in [-0.25, -0.2) is 0 Å². The number of hydrogen-bond acceptors (Lipinski definition) is 2. The molecular formula is C15H33NO. The van der Waals surface area contributed by atoms with Gasteiger partial charge in [0, 0.05) is 13.2 Å². The molecule has 104 valence electrons. The van der Waals surface area contributed by atoms with E-state index < -0.39 is 0 Å². The molecule has 0 rings (SSSR count). The predicted octanol–water partition coefficient (Wildman–Crippen LogP) is 4.00. The van der Waals surface area contributed by atoms with Gasteiger partial charge in [-0.15, -0.1) is 0 Å². The van der Waals surface area contributed by atoms with Crippen LogP contribution in [0.3, 0.4) is 0 Å². The summed E-state index contributed by atoms with van der Waals surface area (Å²) in [5.41, 5.74) is 0. The first kappa shape index (κ1) is 16.9. The number of nitrogens with one attached hydrogen (secondary N) is 1. The molecule has 0 amide bonds. The summed E-state index contributed by atoms with van der Waals surface area (Å²) in [5, 5.41) is 3.43. The van der Waals surface area contributed by atoms with Crippen LogP contribution in [0.5, 0.6) is 0 Å². The number of rotatable bonds is 12. The Hall–Kier alpha value is -0.0800. The lowest BCUT2D eigenvalue weighted by Crippen LogP contribution is -2.29. The van der Waals surface area contributed by atoms with Gasteiger partial charge in [-0.1, -0.05) is 52.9 Å². The highest BCUT2D eigenvalue weighted by Crippen LogP contribution is 2.05. The summed E-state index contributed by atoms with van der Waals surface area (Å²) >= 11 is 0. The molecule has 0 aliphatic rings. The van der Waals surface area contributed by atoms with Crippen molar-refractivity contribution in [3.05, 3.63) is 0 Å². The van der Waals surface area contributed by atoms with Crippen molar-refractivity contribution in [1.29, 1.82) is 0 Å². The molecular weight excluding hydrogens is 210 g/mol. The van der Waals surface area contributed by atoms with Crippen LogP contribution in [0.4, 0.5) is 0 Å². The first-order valence-electron chi connectivity index (χ1n) is 7.49. The van der Waals surface area contributed by atoms with E-state index in [9.17, 15) is 0 Å². The van der Waals surface area contributed by atoms with Gasteiger partial charge >= 0.3 is 0 Å². The number of unbranched alkanes of at least 4 members (excludes halogenated alkanes) is 5. The van der Waals surface area contributed by atoms with Crippen LogP contribution in [0.2, 0.25) is 0 Å². The standard InChI is InChI=1S/C15H33NO/c1-5-6-7-8-9-10-11-17-15(4)13-16-12-14(2)3/h14-16H,5-13H2,1-4H3. The molecule has 0 saturated heterocycles. The molecule has 0 heterocycles. The van der Waals surface area contributed by atoms with Crippen LogP contribution >= 0.6 is 0 Å². The molecule has 1 N–H and O–H groups in total. The third-order valence-electron chi connectivity index (χ3n) is 2.88. The maximum absolute atomic E-state index is 5.77. The van der Waals surface area contributed by atoms with Crippen LogP contribution in [-0.4, -0.2) is 25.8 Å². The molecule has 0 aromatic carbocycles. The normalized spacial score (nSPS) is 13.2. The van der Waals surface area contributed by atoms with Crippen molar-refractivity contribution in [2.24, 2.45) is 5.92 Å². The molecule has 0 aliphatic carbocycles. The van der Waals surface area contributed by atoms with Crippen molar-refractivity contribution < 1.29 is 4.74 Å². The molecule has 0 radical (unpaired) electrons. The quantitative estimate of drug-likeness (QED) is 0.523. The van der Waals surface area contributed by atoms with Crippen LogP contribution in [0.25, 0.3) is 0 Å². The molecule has 0 fully saturated rings. The summed E-state index contributed by atoms with van der Waals surface area (Å²) in [7, 11) is 0. The first-order valence-corrected chi connectivity index (χ1v) is 7.49. The highest BCUT2D eigenvalue weighted by Gasteiger charge is 2.01. The Balaban J connectivity index is 3.13. The molecule has 0 saturated carbocycles. The van der Waals surface area contributed by atoms with E-state index in [1.165, 1.54) is 38.5 Å². The highest BCUT2D eigenvalue weighted by molar-refractivity contribution is 4.57. The summed E-state index contributed by atoms with van der Waals surface area (Å²) in [6.45, 7) is 11.9. The van der Waals surface area contributed by atoms with E-state index in [-0.39, 0.29) is 0 Å². The van der Waals surface area contributed by atoms with Crippen LogP contribution in [0.1, 0.15) is 66.2 Å². The van der Waals surface area contributed by atoms with Crippen LogP contribution in [-0.2, 0) is 4.74 Å². The summed E-state index contributed by atoms with van der Waals surface area (Å²) in [5.74, 6) is 0.723. The third kappa shape index (κ3) is 13.9. The van der Waals surface area contributed by atoms with Crippen LogP contribution in [0, 0.1) is 5.92 Å². The van der Waals surface area contributed by atoms with Gasteiger partial charge in [0.05, 0.1) is 6.10 Å². The SMILES string of the molecule is CCCCCCCCOC(C)CNCC(C)C. The molecule has 0 aromatic heterocycles. The highest BCUT2D eigenvalue weighted by atomic mass is 16.5. The largest absolute Gasteiger partial charge is 0.377 e. The third-order valence-corrected chi connectivity index (χ3v) is 2.88. The van der Waals surface area contributed by atoms with Crippen molar-refractivity contribution in [1.82, 2.24) is 5.32 Å². The van der Waals surface area contributed by atoms with Crippen molar-refractivity contribution in [3.8, 4) is 0 Å². The Morgan fingerprint density at radius 2 is 1.53 bits per heavy atom. The number of ether oxygens (including phenoxy) is 1. The second-order valence-corrected chi connectivity index (χ2v) is 5.50. The maximum Gasteiger partial charge on any atom is 0.0671 e. The van der Waals surface area contributed by atoms with E-state index in [2.05, 4.69) is 33.0 Å². The summed E-state index contributed by atoms with van der Waals surface area (Å²) in [4.78, 5) is 0. The van der Waals surface area contributed by atoms with Gasteiger partial charge in [0.25, 0.3) is 0 Å². The fraction of sp³-hybridized carbons (Fsp3) is 1.00. The Morgan fingerprint density at radius 1 is 0.882 bits per heavy atom. The molecule has 0 aliphatic heterocycles. The molecule has 0 bridgehead atoms. The molecule has 2 nitrogen and oxygen atoms in total. The van der Waals surface area contributed by atoms with E-state index in [0.717, 1.165) is 25.6 Å². The van der Waals surface area contributed by atoms with Gasteiger partial charge in [0.1, 0.15) is 0 Å². The summed E-state index contributed by atoms with van der Waals surface area (Å²) in [6.07, 6.45) is 8.37. The minimum Gasteiger partial charge on any atom is -0.377 e. The van der Waals surface area contributed by atoms with Crippen molar-refractivity contribution in [2.45, 2.75) is 72.3 Å². The Morgan fingerprint density at radius 3 is 2.18 bits per heavy atom. The zero-order chi connectivity index (χ0) is 12.9. The van der Waals surface area contributed by atoms with Gasteiger partial charge < -0.3 is 10.1 Å². The second kappa shape index (κ2) is 12.4. The van der Waals surface area contributed by atoms with Gasteiger partial charge in [-0.2, -0.15) is 0 Å². The van der Waals surface area contributed by atoms with E-state index in [0.29, 0.717) is 6.10 Å². The molecule has 1 unspecified atom stereocenters. The molecule has 0 spiro atoms. The number of hydrogen-bond donors (Lipinski definition) is 1. The molecule has 17 heavy (non-hydrogen) atoms. The van der Waals surface area contributed by atoms with E-state index in [1.54, 1.807) is 0 Å². The maximum atomic E-state index is 5.77. The second-order valence-electron chi connectivity index (χ2n) is 5.50. The molecule has 1 atom stereocenters. The smallest absolute Gasteiger partial charge is 0.0671 e.